The van der Waals surface area contributed by atoms with Gasteiger partial charge in [-0.3, -0.25) is 0 Å². The Bertz CT molecular complexity index is 245. The molecule has 4 nitrogen and oxygen atoms in total. The number of nitrogens with zero attached hydrogens (tertiary/aromatic N) is 1. The van der Waals surface area contributed by atoms with Crippen molar-refractivity contribution in [3.05, 3.63) is 0 Å². The van der Waals surface area contributed by atoms with Gasteiger partial charge in [0.05, 0.1) is 6.26 Å². The zero-order valence-electron chi connectivity index (χ0n) is 8.28. The highest BCUT2D eigenvalue weighted by Crippen LogP contribution is 2.12. The summed E-state index contributed by atoms with van der Waals surface area (Å²) < 4.78 is 24.3. The van der Waals surface area contributed by atoms with Crippen LogP contribution in [0.2, 0.25) is 0 Å². The van der Waals surface area contributed by atoms with Crippen LogP contribution in [0.15, 0.2) is 0 Å². The summed E-state index contributed by atoms with van der Waals surface area (Å²) in [4.78, 5) is 0. The summed E-state index contributed by atoms with van der Waals surface area (Å²) >= 11 is 0. The minimum Gasteiger partial charge on any atom is -0.315 e. The van der Waals surface area contributed by atoms with E-state index in [4.69, 9.17) is 0 Å². The second-order valence-corrected chi connectivity index (χ2v) is 5.40. The quantitative estimate of drug-likeness (QED) is 0.708. The lowest BCUT2D eigenvalue weighted by Crippen LogP contribution is -2.48. The first-order chi connectivity index (χ1) is 6.05. The van der Waals surface area contributed by atoms with Crippen LogP contribution in [-0.4, -0.2) is 44.7 Å². The molecule has 1 saturated heterocycles. The summed E-state index contributed by atoms with van der Waals surface area (Å²) in [5.74, 6) is 0. The van der Waals surface area contributed by atoms with Gasteiger partial charge in [0.25, 0.3) is 0 Å². The standard InChI is InChI=1S/C8H18N2O2S/c1-3-10(13(2,11)12)8-5-4-6-9-7-8/h8-9H,3-7H2,1-2H3. The second-order valence-electron chi connectivity index (χ2n) is 3.47. The third-order valence-corrected chi connectivity index (χ3v) is 3.82. The molecule has 1 unspecified atom stereocenters. The molecule has 0 spiro atoms. The number of hydrogen-bond donors (Lipinski definition) is 1. The van der Waals surface area contributed by atoms with E-state index in [-0.39, 0.29) is 6.04 Å². The highest BCUT2D eigenvalue weighted by molar-refractivity contribution is 7.88. The van der Waals surface area contributed by atoms with Crippen LogP contribution in [0.3, 0.4) is 0 Å². The minimum atomic E-state index is -3.02. The monoisotopic (exact) mass is 206 g/mol. The molecule has 0 aromatic heterocycles. The molecule has 13 heavy (non-hydrogen) atoms. The van der Waals surface area contributed by atoms with Crippen molar-refractivity contribution in [2.45, 2.75) is 25.8 Å². The maximum Gasteiger partial charge on any atom is 0.211 e. The molecule has 1 aliphatic heterocycles. The van der Waals surface area contributed by atoms with Crippen LogP contribution in [0.25, 0.3) is 0 Å². The summed E-state index contributed by atoms with van der Waals surface area (Å²) in [5.41, 5.74) is 0. The Hall–Kier alpha value is -0.130. The lowest BCUT2D eigenvalue weighted by molar-refractivity contribution is 0.276. The molecule has 1 rings (SSSR count). The van der Waals surface area contributed by atoms with Crippen molar-refractivity contribution in [3.8, 4) is 0 Å². The number of piperidine rings is 1. The highest BCUT2D eigenvalue weighted by atomic mass is 32.2. The van der Waals surface area contributed by atoms with Gasteiger partial charge < -0.3 is 5.32 Å². The molecule has 78 valence electrons. The summed E-state index contributed by atoms with van der Waals surface area (Å²) in [6.07, 6.45) is 3.33. The number of sulfonamides is 1. The predicted molar refractivity (Wildman–Crippen MR) is 53.1 cm³/mol. The molecule has 1 heterocycles. The Morgan fingerprint density at radius 2 is 2.23 bits per heavy atom. The minimum absolute atomic E-state index is 0.161. The summed E-state index contributed by atoms with van der Waals surface area (Å²) in [6.45, 7) is 4.26. The van der Waals surface area contributed by atoms with Crippen molar-refractivity contribution >= 4 is 10.0 Å². The fourth-order valence-electron chi connectivity index (χ4n) is 1.84. The molecular formula is C8H18N2O2S. The van der Waals surface area contributed by atoms with Crippen LogP contribution in [0.1, 0.15) is 19.8 Å². The first-order valence-corrected chi connectivity index (χ1v) is 6.58. The van der Waals surface area contributed by atoms with E-state index >= 15 is 0 Å². The van der Waals surface area contributed by atoms with Gasteiger partial charge in [-0.05, 0) is 19.4 Å². The van der Waals surface area contributed by atoms with Crippen molar-refractivity contribution in [2.24, 2.45) is 0 Å². The molecule has 1 N–H and O–H groups in total. The van der Waals surface area contributed by atoms with Crippen molar-refractivity contribution in [3.63, 3.8) is 0 Å². The fraction of sp³-hybridized carbons (Fsp3) is 1.00. The summed E-state index contributed by atoms with van der Waals surface area (Å²) in [7, 11) is -3.02. The molecule has 0 bridgehead atoms. The van der Waals surface area contributed by atoms with E-state index in [1.165, 1.54) is 6.26 Å². The molecule has 0 aromatic rings. The first-order valence-electron chi connectivity index (χ1n) is 4.73. The maximum absolute atomic E-state index is 11.4. The molecule has 1 fully saturated rings. The van der Waals surface area contributed by atoms with Gasteiger partial charge in [0.2, 0.25) is 10.0 Å². The first kappa shape index (κ1) is 10.9. The van der Waals surface area contributed by atoms with Gasteiger partial charge in [-0.15, -0.1) is 0 Å². The number of nitrogens with one attached hydrogen (secondary N) is 1. The molecule has 0 saturated carbocycles. The lowest BCUT2D eigenvalue weighted by atomic mass is 10.1. The SMILES string of the molecule is CCN(C1CCCNC1)S(C)(=O)=O. The van der Waals surface area contributed by atoms with E-state index in [9.17, 15) is 8.42 Å². The lowest BCUT2D eigenvalue weighted by Gasteiger charge is -2.31. The topological polar surface area (TPSA) is 49.4 Å². The van der Waals surface area contributed by atoms with E-state index in [0.29, 0.717) is 6.54 Å². The molecule has 5 heteroatoms. The van der Waals surface area contributed by atoms with Crippen LogP contribution in [0.4, 0.5) is 0 Å². The van der Waals surface area contributed by atoms with Crippen LogP contribution in [0, 0.1) is 0 Å². The van der Waals surface area contributed by atoms with E-state index in [1.54, 1.807) is 4.31 Å². The Labute approximate surface area is 80.4 Å². The van der Waals surface area contributed by atoms with Crippen LogP contribution in [-0.2, 0) is 10.0 Å². The Kier molecular flexibility index (Phi) is 3.70. The van der Waals surface area contributed by atoms with Crippen molar-refractivity contribution in [1.29, 1.82) is 0 Å². The third-order valence-electron chi connectivity index (χ3n) is 2.42. The van der Waals surface area contributed by atoms with E-state index in [0.717, 1.165) is 25.9 Å². The highest BCUT2D eigenvalue weighted by Gasteiger charge is 2.25. The van der Waals surface area contributed by atoms with Gasteiger partial charge in [-0.1, -0.05) is 6.92 Å². The van der Waals surface area contributed by atoms with Gasteiger partial charge in [-0.25, -0.2) is 8.42 Å². The average Bonchev–Trinajstić information content (AvgIpc) is 2.05. The Morgan fingerprint density at radius 1 is 1.54 bits per heavy atom. The molecule has 1 atom stereocenters. The van der Waals surface area contributed by atoms with E-state index < -0.39 is 10.0 Å². The number of likely N-dealkylation sites (N-methyl/N-ethyl adjacent to an activating group) is 1. The van der Waals surface area contributed by atoms with Crippen molar-refractivity contribution in [2.75, 3.05) is 25.9 Å². The van der Waals surface area contributed by atoms with Gasteiger partial charge in [-0.2, -0.15) is 4.31 Å². The summed E-state index contributed by atoms with van der Waals surface area (Å²) in [5, 5.41) is 3.22. The summed E-state index contributed by atoms with van der Waals surface area (Å²) in [6, 6.07) is 0.161. The Balaban J connectivity index is 2.65. The number of rotatable bonds is 3. The zero-order valence-corrected chi connectivity index (χ0v) is 9.10. The van der Waals surface area contributed by atoms with Gasteiger partial charge in [0.1, 0.15) is 0 Å². The predicted octanol–water partition coefficient (Wildman–Crippen LogP) is 0.0199. The maximum atomic E-state index is 11.4. The van der Waals surface area contributed by atoms with Gasteiger partial charge in [0.15, 0.2) is 0 Å². The van der Waals surface area contributed by atoms with Crippen LogP contribution < -0.4 is 5.32 Å². The van der Waals surface area contributed by atoms with Crippen molar-refractivity contribution < 1.29 is 8.42 Å². The molecule has 0 aliphatic carbocycles. The van der Waals surface area contributed by atoms with Crippen LogP contribution >= 0.6 is 0 Å². The van der Waals surface area contributed by atoms with E-state index in [1.807, 2.05) is 6.92 Å². The fourth-order valence-corrected chi connectivity index (χ4v) is 3.03. The normalized spacial score (nSPS) is 25.0. The zero-order chi connectivity index (χ0) is 9.90. The van der Waals surface area contributed by atoms with E-state index in [2.05, 4.69) is 5.32 Å². The average molecular weight is 206 g/mol. The van der Waals surface area contributed by atoms with Gasteiger partial charge in [0, 0.05) is 19.1 Å². The third kappa shape index (κ3) is 2.93. The number of hydrogen-bond acceptors (Lipinski definition) is 3. The second kappa shape index (κ2) is 4.39. The molecule has 0 amide bonds. The largest absolute Gasteiger partial charge is 0.315 e. The molecule has 0 aromatic carbocycles. The smallest absolute Gasteiger partial charge is 0.211 e. The molecule has 0 radical (unpaired) electrons. The van der Waals surface area contributed by atoms with Gasteiger partial charge >= 0.3 is 0 Å². The van der Waals surface area contributed by atoms with Crippen molar-refractivity contribution in [1.82, 2.24) is 9.62 Å². The Morgan fingerprint density at radius 3 is 2.62 bits per heavy atom. The molecule has 1 aliphatic rings. The van der Waals surface area contributed by atoms with Crippen LogP contribution in [0.5, 0.6) is 0 Å². The molecular weight excluding hydrogens is 188 g/mol.